The third-order valence-corrected chi connectivity index (χ3v) is 5.57. The van der Waals surface area contributed by atoms with Crippen LogP contribution >= 0.6 is 11.8 Å². The molecule has 0 aliphatic heterocycles. The fourth-order valence-corrected chi connectivity index (χ4v) is 4.39. The molecule has 1 aliphatic rings. The maximum absolute atomic E-state index is 5.81. The summed E-state index contributed by atoms with van der Waals surface area (Å²) >= 11 is 1.70. The van der Waals surface area contributed by atoms with Gasteiger partial charge in [-0.2, -0.15) is 0 Å². The zero-order valence-corrected chi connectivity index (χ0v) is 14.1. The molecule has 0 heterocycles. The third kappa shape index (κ3) is 3.12. The first-order chi connectivity index (χ1) is 11.3. The van der Waals surface area contributed by atoms with Crippen LogP contribution in [0.25, 0.3) is 0 Å². The molecule has 2 aromatic carbocycles. The van der Waals surface area contributed by atoms with Crippen LogP contribution in [0.1, 0.15) is 30.4 Å². The van der Waals surface area contributed by atoms with Gasteiger partial charge >= 0.3 is 0 Å². The van der Waals surface area contributed by atoms with Gasteiger partial charge in [0.15, 0.2) is 0 Å². The summed E-state index contributed by atoms with van der Waals surface area (Å²) in [6.07, 6.45) is 2.93. The van der Waals surface area contributed by atoms with Crippen LogP contribution in [0.15, 0.2) is 76.3 Å². The molecule has 2 aromatic rings. The maximum Gasteiger partial charge on any atom is 0.0492 e. The molecule has 2 N–H and O–H groups in total. The van der Waals surface area contributed by atoms with Crippen molar-refractivity contribution in [3.8, 4) is 0 Å². The van der Waals surface area contributed by atoms with E-state index in [0.29, 0.717) is 5.88 Å². The lowest BCUT2D eigenvalue weighted by molar-refractivity contribution is 0.450. The summed E-state index contributed by atoms with van der Waals surface area (Å²) in [4.78, 5) is 5.53. The molecule has 0 fully saturated rings. The Morgan fingerprint density at radius 3 is 2.04 bits per heavy atom. The number of hydrogen-bond acceptors (Lipinski definition) is 3. The third-order valence-electron chi connectivity index (χ3n) is 4.67. The van der Waals surface area contributed by atoms with Crippen molar-refractivity contribution in [2.45, 2.75) is 24.7 Å². The van der Waals surface area contributed by atoms with Crippen LogP contribution in [0.3, 0.4) is 0 Å². The Kier molecular flexibility index (Phi) is 4.99. The number of allylic oxidation sites excluding steroid dienone is 2. The van der Waals surface area contributed by atoms with Crippen molar-refractivity contribution in [1.29, 1.82) is 0 Å². The van der Waals surface area contributed by atoms with Crippen LogP contribution in [0.2, 0.25) is 0 Å². The molecule has 0 amide bonds. The zero-order chi connectivity index (χ0) is 16.1. The van der Waals surface area contributed by atoms with Crippen molar-refractivity contribution in [3.63, 3.8) is 0 Å². The quantitative estimate of drug-likeness (QED) is 0.639. The molecule has 1 aliphatic carbocycles. The molecule has 0 saturated carbocycles. The van der Waals surface area contributed by atoms with Gasteiger partial charge in [0.25, 0.3) is 0 Å². The molecule has 0 aromatic heterocycles. The van der Waals surface area contributed by atoms with Crippen molar-refractivity contribution < 1.29 is 0 Å². The smallest absolute Gasteiger partial charge is 0.0492 e. The summed E-state index contributed by atoms with van der Waals surface area (Å²) in [5.41, 5.74) is 9.65. The van der Waals surface area contributed by atoms with Gasteiger partial charge in [0.1, 0.15) is 0 Å². The lowest BCUT2D eigenvalue weighted by Crippen LogP contribution is -2.31. The Hall–Kier alpha value is -1.84. The second kappa shape index (κ2) is 7.16. The normalized spacial score (nSPS) is 17.1. The second-order valence-corrected chi connectivity index (χ2v) is 6.94. The van der Waals surface area contributed by atoms with E-state index in [-0.39, 0.29) is 5.41 Å². The standard InChI is InChI=1S/C20H22N2S/c1-22-18-12-13-20(14-19(18)23-15-21,16-8-4-2-5-9-16)17-10-6-3-7-11-17/h2-11H,1,12-15,21H2. The van der Waals surface area contributed by atoms with E-state index in [1.165, 1.54) is 16.0 Å². The average molecular weight is 322 g/mol. The van der Waals surface area contributed by atoms with Gasteiger partial charge in [-0.25, -0.2) is 0 Å². The molecule has 0 spiro atoms. The molecule has 0 saturated heterocycles. The van der Waals surface area contributed by atoms with E-state index in [0.717, 1.165) is 25.0 Å². The predicted octanol–water partition coefficient (Wildman–Crippen LogP) is 4.72. The summed E-state index contributed by atoms with van der Waals surface area (Å²) in [5.74, 6) is 0.577. The highest BCUT2D eigenvalue weighted by Gasteiger charge is 2.38. The van der Waals surface area contributed by atoms with E-state index < -0.39 is 0 Å². The fourth-order valence-electron chi connectivity index (χ4n) is 3.51. The number of aliphatic imine (C=N–C) groups is 1. The van der Waals surface area contributed by atoms with Gasteiger partial charge in [0, 0.05) is 21.9 Å². The second-order valence-electron chi connectivity index (χ2n) is 5.83. The van der Waals surface area contributed by atoms with Crippen molar-refractivity contribution in [2.24, 2.45) is 10.7 Å². The number of thioether (sulfide) groups is 1. The Balaban J connectivity index is 2.12. The fraction of sp³-hybridized carbons (Fsp3) is 0.250. The molecule has 118 valence electrons. The van der Waals surface area contributed by atoms with Crippen LogP contribution in [-0.4, -0.2) is 12.6 Å². The van der Waals surface area contributed by atoms with Crippen LogP contribution in [-0.2, 0) is 5.41 Å². The first kappa shape index (κ1) is 16.0. The van der Waals surface area contributed by atoms with Crippen LogP contribution < -0.4 is 5.73 Å². The van der Waals surface area contributed by atoms with Gasteiger partial charge in [-0.05, 0) is 37.1 Å². The highest BCUT2D eigenvalue weighted by molar-refractivity contribution is 8.03. The summed E-state index contributed by atoms with van der Waals surface area (Å²) in [6, 6.07) is 21.6. The minimum atomic E-state index is -0.00574. The zero-order valence-electron chi connectivity index (χ0n) is 13.2. The Bertz CT molecular complexity index is 653. The van der Waals surface area contributed by atoms with E-state index in [1.807, 2.05) is 0 Å². The maximum atomic E-state index is 5.81. The van der Waals surface area contributed by atoms with Gasteiger partial charge < -0.3 is 5.73 Å². The molecule has 0 radical (unpaired) electrons. The molecule has 0 atom stereocenters. The van der Waals surface area contributed by atoms with E-state index >= 15 is 0 Å². The number of hydrogen-bond donors (Lipinski definition) is 1. The predicted molar refractivity (Wildman–Crippen MR) is 101 cm³/mol. The minimum absolute atomic E-state index is 0.00574. The minimum Gasteiger partial charge on any atom is -0.322 e. The first-order valence-corrected chi connectivity index (χ1v) is 8.91. The van der Waals surface area contributed by atoms with Crippen LogP contribution in [0.4, 0.5) is 0 Å². The average Bonchev–Trinajstić information content (AvgIpc) is 2.63. The van der Waals surface area contributed by atoms with Crippen molar-refractivity contribution in [3.05, 3.63) is 82.4 Å². The van der Waals surface area contributed by atoms with Crippen molar-refractivity contribution in [1.82, 2.24) is 0 Å². The number of nitrogens with two attached hydrogens (primary N) is 1. The molecule has 0 bridgehead atoms. The highest BCUT2D eigenvalue weighted by atomic mass is 32.2. The van der Waals surface area contributed by atoms with Crippen molar-refractivity contribution in [2.75, 3.05) is 5.88 Å². The highest BCUT2D eigenvalue weighted by Crippen LogP contribution is 2.49. The molecule has 0 unspecified atom stereocenters. The van der Waals surface area contributed by atoms with Gasteiger partial charge in [0.05, 0.1) is 0 Å². The lowest BCUT2D eigenvalue weighted by Gasteiger charge is -2.39. The van der Waals surface area contributed by atoms with Crippen LogP contribution in [0, 0.1) is 0 Å². The lowest BCUT2D eigenvalue weighted by atomic mass is 9.66. The van der Waals surface area contributed by atoms with Gasteiger partial charge in [0.2, 0.25) is 0 Å². The Morgan fingerprint density at radius 2 is 1.57 bits per heavy atom. The largest absolute Gasteiger partial charge is 0.322 e. The first-order valence-electron chi connectivity index (χ1n) is 7.93. The van der Waals surface area contributed by atoms with E-state index in [9.17, 15) is 0 Å². The van der Waals surface area contributed by atoms with E-state index in [1.54, 1.807) is 11.8 Å². The van der Waals surface area contributed by atoms with E-state index in [4.69, 9.17) is 5.73 Å². The monoisotopic (exact) mass is 322 g/mol. The molecular weight excluding hydrogens is 300 g/mol. The molecule has 3 rings (SSSR count). The summed E-state index contributed by atoms with van der Waals surface area (Å²) in [7, 11) is 0. The number of rotatable bonds is 5. The SMILES string of the molecule is C=NC1=C(SCN)CC(c2ccccc2)(c2ccccc2)CC1. The van der Waals surface area contributed by atoms with Crippen molar-refractivity contribution >= 4 is 18.5 Å². The molecule has 23 heavy (non-hydrogen) atoms. The summed E-state index contributed by atoms with van der Waals surface area (Å²) in [5, 5.41) is 0. The van der Waals surface area contributed by atoms with Gasteiger partial charge in [-0.3, -0.25) is 4.99 Å². The summed E-state index contributed by atoms with van der Waals surface area (Å²) < 4.78 is 0. The Labute approximate surface area is 142 Å². The molecular formula is C20H22N2S. The number of benzene rings is 2. The van der Waals surface area contributed by atoms with Crippen LogP contribution in [0.5, 0.6) is 0 Å². The summed E-state index contributed by atoms with van der Waals surface area (Å²) in [6.45, 7) is 3.75. The van der Waals surface area contributed by atoms with Gasteiger partial charge in [-0.1, -0.05) is 60.7 Å². The van der Waals surface area contributed by atoms with E-state index in [2.05, 4.69) is 72.4 Å². The van der Waals surface area contributed by atoms with Gasteiger partial charge in [-0.15, -0.1) is 11.8 Å². The topological polar surface area (TPSA) is 38.4 Å². The number of nitrogens with zero attached hydrogens (tertiary/aromatic N) is 1. The molecule has 3 heteroatoms. The molecule has 2 nitrogen and oxygen atoms in total. The Morgan fingerprint density at radius 1 is 1.00 bits per heavy atom.